The fourth-order valence-electron chi connectivity index (χ4n) is 2.00. The van der Waals surface area contributed by atoms with Crippen LogP contribution < -0.4 is 5.32 Å². The molecule has 0 heterocycles. The first-order chi connectivity index (χ1) is 9.97. The summed E-state index contributed by atoms with van der Waals surface area (Å²) in [5.74, 6) is -0.906. The van der Waals surface area contributed by atoms with E-state index in [1.807, 2.05) is 26.0 Å². The third kappa shape index (κ3) is 5.43. The van der Waals surface area contributed by atoms with Crippen molar-refractivity contribution in [2.75, 3.05) is 25.0 Å². The summed E-state index contributed by atoms with van der Waals surface area (Å²) in [6.45, 7) is 4.41. The van der Waals surface area contributed by atoms with Gasteiger partial charge in [-0.05, 0) is 30.5 Å². The molecule has 1 aromatic carbocycles. The molecule has 0 radical (unpaired) electrons. The van der Waals surface area contributed by atoms with Crippen LogP contribution in [0, 0.1) is 0 Å². The van der Waals surface area contributed by atoms with Crippen molar-refractivity contribution in [3.8, 4) is 0 Å². The molecule has 0 bridgehead atoms. The topological polar surface area (TPSA) is 89.9 Å². The van der Waals surface area contributed by atoms with Gasteiger partial charge in [0.25, 0.3) is 0 Å². The fraction of sp³-hybridized carbons (Fsp3) is 0.467. The Morgan fingerprint density at radius 3 is 2.38 bits per heavy atom. The van der Waals surface area contributed by atoms with E-state index in [0.717, 1.165) is 5.56 Å². The van der Waals surface area contributed by atoms with Gasteiger partial charge >= 0.3 is 12.0 Å². The quantitative estimate of drug-likeness (QED) is 0.718. The Labute approximate surface area is 124 Å². The number of carbonyl (C=O) groups excluding carboxylic acids is 1. The van der Waals surface area contributed by atoms with Crippen LogP contribution in [0.3, 0.4) is 0 Å². The van der Waals surface area contributed by atoms with Gasteiger partial charge in [0, 0.05) is 18.8 Å². The van der Waals surface area contributed by atoms with Crippen LogP contribution >= 0.6 is 0 Å². The maximum absolute atomic E-state index is 11.9. The molecule has 0 aliphatic heterocycles. The number of urea groups is 1. The maximum Gasteiger partial charge on any atom is 0.321 e. The predicted molar refractivity (Wildman–Crippen MR) is 80.5 cm³/mol. The molecule has 0 saturated carbocycles. The maximum atomic E-state index is 11.9. The van der Waals surface area contributed by atoms with E-state index in [0.29, 0.717) is 12.2 Å². The van der Waals surface area contributed by atoms with Gasteiger partial charge in [0.2, 0.25) is 0 Å². The van der Waals surface area contributed by atoms with Crippen LogP contribution in [0.5, 0.6) is 0 Å². The number of aliphatic hydroxyl groups is 1. The SMILES string of the molecule is CCN(CCO)C(=O)Nc1ccc(C(C)CC(=O)O)cc1. The number of aliphatic carboxylic acids is 1. The molecular formula is C15H22N2O4. The van der Waals surface area contributed by atoms with E-state index in [1.54, 1.807) is 12.1 Å². The summed E-state index contributed by atoms with van der Waals surface area (Å²) >= 11 is 0. The van der Waals surface area contributed by atoms with Crippen LogP contribution in [0.4, 0.5) is 10.5 Å². The summed E-state index contributed by atoms with van der Waals surface area (Å²) in [5, 5.41) is 20.4. The highest BCUT2D eigenvalue weighted by molar-refractivity contribution is 5.89. The molecule has 0 aliphatic carbocycles. The van der Waals surface area contributed by atoms with Crippen LogP contribution in [0.1, 0.15) is 31.7 Å². The number of likely N-dealkylation sites (N-methyl/N-ethyl adjacent to an activating group) is 1. The Kier molecular flexibility index (Phi) is 6.68. The highest BCUT2D eigenvalue weighted by Crippen LogP contribution is 2.21. The lowest BCUT2D eigenvalue weighted by Crippen LogP contribution is -2.36. The second-order valence-electron chi connectivity index (χ2n) is 4.85. The largest absolute Gasteiger partial charge is 0.481 e. The predicted octanol–water partition coefficient (Wildman–Crippen LogP) is 2.11. The van der Waals surface area contributed by atoms with Crippen molar-refractivity contribution in [2.45, 2.75) is 26.2 Å². The fourth-order valence-corrected chi connectivity index (χ4v) is 2.00. The van der Waals surface area contributed by atoms with Crippen molar-refractivity contribution < 1.29 is 19.8 Å². The van der Waals surface area contributed by atoms with E-state index in [2.05, 4.69) is 5.32 Å². The first kappa shape index (κ1) is 17.0. The molecule has 1 aromatic rings. The minimum Gasteiger partial charge on any atom is -0.481 e. The molecule has 116 valence electrons. The summed E-state index contributed by atoms with van der Waals surface area (Å²) in [6.07, 6.45) is 0.0752. The number of aliphatic hydroxyl groups excluding tert-OH is 1. The lowest BCUT2D eigenvalue weighted by atomic mass is 9.98. The van der Waals surface area contributed by atoms with Crippen molar-refractivity contribution in [1.29, 1.82) is 0 Å². The number of hydrogen-bond acceptors (Lipinski definition) is 3. The lowest BCUT2D eigenvalue weighted by molar-refractivity contribution is -0.137. The molecular weight excluding hydrogens is 272 g/mol. The van der Waals surface area contributed by atoms with Crippen molar-refractivity contribution in [2.24, 2.45) is 0 Å². The molecule has 0 saturated heterocycles. The molecule has 0 spiro atoms. The van der Waals surface area contributed by atoms with E-state index >= 15 is 0 Å². The zero-order valence-electron chi connectivity index (χ0n) is 12.4. The Morgan fingerprint density at radius 2 is 1.90 bits per heavy atom. The Balaban J connectivity index is 2.65. The van der Waals surface area contributed by atoms with E-state index < -0.39 is 5.97 Å². The molecule has 1 rings (SSSR count). The van der Waals surface area contributed by atoms with Gasteiger partial charge in [-0.25, -0.2) is 4.79 Å². The van der Waals surface area contributed by atoms with Gasteiger partial charge in [0.1, 0.15) is 0 Å². The van der Waals surface area contributed by atoms with Gasteiger partial charge < -0.3 is 20.4 Å². The standard InChI is InChI=1S/C15H22N2O4/c1-3-17(8-9-18)15(21)16-13-6-4-12(5-7-13)11(2)10-14(19)20/h4-7,11,18H,3,8-10H2,1-2H3,(H,16,21)(H,19,20). The Hall–Kier alpha value is -2.08. The van der Waals surface area contributed by atoms with Crippen molar-refractivity contribution in [1.82, 2.24) is 4.90 Å². The summed E-state index contributed by atoms with van der Waals surface area (Å²) in [6, 6.07) is 6.85. The molecule has 2 amide bonds. The van der Waals surface area contributed by atoms with E-state index in [1.165, 1.54) is 4.90 Å². The van der Waals surface area contributed by atoms with E-state index in [4.69, 9.17) is 10.2 Å². The molecule has 0 aromatic heterocycles. The molecule has 6 heteroatoms. The molecule has 6 nitrogen and oxygen atoms in total. The second kappa shape index (κ2) is 8.26. The molecule has 0 aliphatic rings. The third-order valence-corrected chi connectivity index (χ3v) is 3.25. The van der Waals surface area contributed by atoms with Gasteiger partial charge in [-0.2, -0.15) is 0 Å². The summed E-state index contributed by atoms with van der Waals surface area (Å²) in [4.78, 5) is 24.1. The number of nitrogens with zero attached hydrogens (tertiary/aromatic N) is 1. The van der Waals surface area contributed by atoms with Crippen LogP contribution in [0.15, 0.2) is 24.3 Å². The number of carboxylic acids is 1. The number of amides is 2. The third-order valence-electron chi connectivity index (χ3n) is 3.25. The summed E-state index contributed by atoms with van der Waals surface area (Å²) in [5.41, 5.74) is 1.56. The molecule has 3 N–H and O–H groups in total. The van der Waals surface area contributed by atoms with Gasteiger partial charge in [0.15, 0.2) is 0 Å². The number of nitrogens with one attached hydrogen (secondary N) is 1. The van der Waals surface area contributed by atoms with Gasteiger partial charge in [-0.15, -0.1) is 0 Å². The van der Waals surface area contributed by atoms with Crippen molar-refractivity contribution >= 4 is 17.7 Å². The molecule has 1 unspecified atom stereocenters. The molecule has 1 atom stereocenters. The number of hydrogen-bond donors (Lipinski definition) is 3. The van der Waals surface area contributed by atoms with Crippen molar-refractivity contribution in [3.05, 3.63) is 29.8 Å². The highest BCUT2D eigenvalue weighted by atomic mass is 16.4. The highest BCUT2D eigenvalue weighted by Gasteiger charge is 2.12. The van der Waals surface area contributed by atoms with E-state index in [9.17, 15) is 9.59 Å². The van der Waals surface area contributed by atoms with Crippen LogP contribution in [-0.4, -0.2) is 46.8 Å². The molecule has 0 fully saturated rings. The first-order valence-corrected chi connectivity index (χ1v) is 6.96. The average molecular weight is 294 g/mol. The average Bonchev–Trinajstić information content (AvgIpc) is 2.44. The monoisotopic (exact) mass is 294 g/mol. The van der Waals surface area contributed by atoms with Crippen LogP contribution in [-0.2, 0) is 4.79 Å². The van der Waals surface area contributed by atoms with Gasteiger partial charge in [-0.3, -0.25) is 4.79 Å². The number of carbonyl (C=O) groups is 2. The summed E-state index contributed by atoms with van der Waals surface area (Å²) in [7, 11) is 0. The first-order valence-electron chi connectivity index (χ1n) is 6.96. The normalized spacial score (nSPS) is 11.8. The van der Waals surface area contributed by atoms with Gasteiger partial charge in [0.05, 0.1) is 13.0 Å². The lowest BCUT2D eigenvalue weighted by Gasteiger charge is -2.20. The van der Waals surface area contributed by atoms with E-state index in [-0.39, 0.29) is 31.5 Å². The minimum atomic E-state index is -0.831. The van der Waals surface area contributed by atoms with Gasteiger partial charge in [-0.1, -0.05) is 19.1 Å². The smallest absolute Gasteiger partial charge is 0.321 e. The molecule has 21 heavy (non-hydrogen) atoms. The Morgan fingerprint density at radius 1 is 1.29 bits per heavy atom. The number of rotatable bonds is 7. The van der Waals surface area contributed by atoms with Crippen molar-refractivity contribution in [3.63, 3.8) is 0 Å². The summed E-state index contributed by atoms with van der Waals surface area (Å²) < 4.78 is 0. The zero-order chi connectivity index (χ0) is 15.8. The minimum absolute atomic E-state index is 0.0752. The number of anilines is 1. The zero-order valence-corrected chi connectivity index (χ0v) is 12.4. The van der Waals surface area contributed by atoms with Crippen LogP contribution in [0.2, 0.25) is 0 Å². The number of carboxylic acid groups (broad SMARTS) is 1. The Bertz CT molecular complexity index is 473. The second-order valence-corrected chi connectivity index (χ2v) is 4.85. The van der Waals surface area contributed by atoms with Crippen LogP contribution in [0.25, 0.3) is 0 Å². The number of benzene rings is 1.